The summed E-state index contributed by atoms with van der Waals surface area (Å²) in [5.74, 6) is -0.0353. The topological polar surface area (TPSA) is 91.0 Å². The Kier molecular flexibility index (Phi) is 5.55. The summed E-state index contributed by atoms with van der Waals surface area (Å²) in [4.78, 5) is 27.5. The summed E-state index contributed by atoms with van der Waals surface area (Å²) in [5, 5.41) is 13.7. The van der Waals surface area contributed by atoms with Crippen LogP contribution in [0.5, 0.6) is 0 Å². The van der Waals surface area contributed by atoms with Crippen LogP contribution in [0.25, 0.3) is 11.0 Å². The van der Waals surface area contributed by atoms with Gasteiger partial charge in [0.15, 0.2) is 0 Å². The van der Waals surface area contributed by atoms with Crippen molar-refractivity contribution < 1.29 is 9.59 Å². The molecule has 1 unspecified atom stereocenters. The van der Waals surface area contributed by atoms with Crippen molar-refractivity contribution in [1.29, 1.82) is 0 Å². The average molecular weight is 391 g/mol. The van der Waals surface area contributed by atoms with Gasteiger partial charge in [-0.2, -0.15) is 15.4 Å². The van der Waals surface area contributed by atoms with Crippen molar-refractivity contribution in [3.8, 4) is 0 Å². The Balaban J connectivity index is 1.34. The van der Waals surface area contributed by atoms with Gasteiger partial charge in [-0.15, -0.1) is 0 Å². The van der Waals surface area contributed by atoms with Crippen LogP contribution in [0.2, 0.25) is 0 Å². The lowest BCUT2D eigenvalue weighted by molar-refractivity contribution is -0.134. The van der Waals surface area contributed by atoms with E-state index in [1.165, 1.54) is 0 Å². The highest BCUT2D eigenvalue weighted by atomic mass is 16.2. The van der Waals surface area contributed by atoms with Gasteiger partial charge < -0.3 is 10.2 Å². The van der Waals surface area contributed by atoms with E-state index >= 15 is 0 Å². The number of likely N-dealkylation sites (tertiary alicyclic amines) is 1. The zero-order valence-corrected chi connectivity index (χ0v) is 16.5. The molecule has 1 aromatic heterocycles. The molecule has 7 heteroatoms. The molecule has 7 nitrogen and oxygen atoms in total. The standard InChI is InChI=1S/C22H25N5O2/c1-2-18(15-6-4-3-5-7-15)22(29)27-12-10-17(11-13-27)23-21(28)16-8-9-19-20(14-16)25-26-24-19/h3-9,14,17-18H,2,10-13H2,1H3,(H,23,28)(H,24,25,26). The first-order chi connectivity index (χ1) is 14.2. The van der Waals surface area contributed by atoms with Crippen molar-refractivity contribution in [3.05, 3.63) is 59.7 Å². The van der Waals surface area contributed by atoms with Gasteiger partial charge in [-0.05, 0) is 43.0 Å². The third-order valence-corrected chi connectivity index (χ3v) is 5.63. The number of nitrogens with one attached hydrogen (secondary N) is 2. The van der Waals surface area contributed by atoms with E-state index < -0.39 is 0 Å². The number of carbonyl (C=O) groups is 2. The van der Waals surface area contributed by atoms with E-state index in [9.17, 15) is 9.59 Å². The largest absolute Gasteiger partial charge is 0.349 e. The van der Waals surface area contributed by atoms with E-state index in [2.05, 4.69) is 20.7 Å². The summed E-state index contributed by atoms with van der Waals surface area (Å²) < 4.78 is 0. The Morgan fingerprint density at radius 3 is 2.55 bits per heavy atom. The summed E-state index contributed by atoms with van der Waals surface area (Å²) in [6, 6.07) is 15.3. The van der Waals surface area contributed by atoms with Crippen molar-refractivity contribution in [3.63, 3.8) is 0 Å². The minimum Gasteiger partial charge on any atom is -0.349 e. The van der Waals surface area contributed by atoms with E-state index in [-0.39, 0.29) is 23.8 Å². The second-order valence-electron chi connectivity index (χ2n) is 7.47. The van der Waals surface area contributed by atoms with Gasteiger partial charge >= 0.3 is 0 Å². The second kappa shape index (κ2) is 8.43. The normalized spacial score (nSPS) is 16.0. The molecule has 1 fully saturated rings. The number of aromatic nitrogens is 3. The quantitative estimate of drug-likeness (QED) is 0.700. The van der Waals surface area contributed by atoms with Crippen molar-refractivity contribution >= 4 is 22.8 Å². The van der Waals surface area contributed by atoms with E-state index in [1.54, 1.807) is 18.2 Å². The molecule has 1 aliphatic rings. The third-order valence-electron chi connectivity index (χ3n) is 5.63. The minimum absolute atomic E-state index is 0.0661. The average Bonchev–Trinajstić information content (AvgIpc) is 3.23. The predicted molar refractivity (Wildman–Crippen MR) is 110 cm³/mol. The Labute approximate surface area is 169 Å². The van der Waals surface area contributed by atoms with Gasteiger partial charge in [0.05, 0.1) is 5.92 Å². The number of nitrogens with zero attached hydrogens (tertiary/aromatic N) is 3. The number of piperidine rings is 1. The molecule has 1 aliphatic heterocycles. The second-order valence-corrected chi connectivity index (χ2v) is 7.47. The van der Waals surface area contributed by atoms with Gasteiger partial charge in [0, 0.05) is 24.7 Å². The lowest BCUT2D eigenvalue weighted by Gasteiger charge is -2.34. The molecule has 1 saturated heterocycles. The lowest BCUT2D eigenvalue weighted by Crippen LogP contribution is -2.47. The molecule has 0 saturated carbocycles. The number of aromatic amines is 1. The summed E-state index contributed by atoms with van der Waals surface area (Å²) in [5.41, 5.74) is 3.04. The van der Waals surface area contributed by atoms with Crippen molar-refractivity contribution in [2.24, 2.45) is 0 Å². The van der Waals surface area contributed by atoms with Crippen LogP contribution in [0.3, 0.4) is 0 Å². The monoisotopic (exact) mass is 391 g/mol. The van der Waals surface area contributed by atoms with Crippen LogP contribution in [-0.4, -0.2) is 51.3 Å². The molecule has 2 aromatic carbocycles. The highest BCUT2D eigenvalue weighted by Crippen LogP contribution is 2.24. The van der Waals surface area contributed by atoms with Crippen LogP contribution >= 0.6 is 0 Å². The van der Waals surface area contributed by atoms with Gasteiger partial charge in [-0.1, -0.05) is 37.3 Å². The van der Waals surface area contributed by atoms with Crippen LogP contribution in [0.1, 0.15) is 48.0 Å². The molecule has 4 rings (SSSR count). The van der Waals surface area contributed by atoms with Crippen molar-refractivity contribution in [2.45, 2.75) is 38.1 Å². The first-order valence-corrected chi connectivity index (χ1v) is 10.1. The lowest BCUT2D eigenvalue weighted by atomic mass is 9.93. The first-order valence-electron chi connectivity index (χ1n) is 10.1. The molecule has 0 bridgehead atoms. The molecule has 2 N–H and O–H groups in total. The zero-order chi connectivity index (χ0) is 20.2. The highest BCUT2D eigenvalue weighted by Gasteiger charge is 2.29. The van der Waals surface area contributed by atoms with E-state index in [0.29, 0.717) is 24.2 Å². The number of carbonyl (C=O) groups excluding carboxylic acids is 2. The molecule has 0 radical (unpaired) electrons. The fourth-order valence-electron chi connectivity index (χ4n) is 3.95. The molecular weight excluding hydrogens is 366 g/mol. The van der Waals surface area contributed by atoms with Crippen LogP contribution in [0.15, 0.2) is 48.5 Å². The number of H-pyrrole nitrogens is 1. The maximum atomic E-state index is 13.0. The molecule has 2 heterocycles. The summed E-state index contributed by atoms with van der Waals surface area (Å²) in [6.45, 7) is 3.37. The minimum atomic E-state index is -0.115. The Morgan fingerprint density at radius 2 is 1.83 bits per heavy atom. The van der Waals surface area contributed by atoms with E-state index in [0.717, 1.165) is 30.3 Å². The molecule has 0 spiro atoms. The van der Waals surface area contributed by atoms with Crippen molar-refractivity contribution in [2.75, 3.05) is 13.1 Å². The van der Waals surface area contributed by atoms with Crippen molar-refractivity contribution in [1.82, 2.24) is 25.6 Å². The van der Waals surface area contributed by atoms with E-state index in [4.69, 9.17) is 0 Å². The summed E-state index contributed by atoms with van der Waals surface area (Å²) >= 11 is 0. The van der Waals surface area contributed by atoms with Crippen LogP contribution < -0.4 is 5.32 Å². The maximum Gasteiger partial charge on any atom is 0.251 e. The SMILES string of the molecule is CCC(C(=O)N1CCC(NC(=O)c2ccc3n[nH]nc3c2)CC1)c1ccccc1. The molecule has 0 aliphatic carbocycles. The summed E-state index contributed by atoms with van der Waals surface area (Å²) in [6.07, 6.45) is 2.30. The third kappa shape index (κ3) is 4.13. The number of amides is 2. The molecule has 1 atom stereocenters. The van der Waals surface area contributed by atoms with Crippen LogP contribution in [0, 0.1) is 0 Å². The molecule has 150 valence electrons. The van der Waals surface area contributed by atoms with E-state index in [1.807, 2.05) is 42.2 Å². The van der Waals surface area contributed by atoms with Gasteiger partial charge in [-0.3, -0.25) is 9.59 Å². The molecule has 3 aromatic rings. The number of benzene rings is 2. The van der Waals surface area contributed by atoms with Gasteiger partial charge in [0.2, 0.25) is 5.91 Å². The Hall–Kier alpha value is -3.22. The van der Waals surface area contributed by atoms with Gasteiger partial charge in [0.25, 0.3) is 5.91 Å². The number of hydrogen-bond acceptors (Lipinski definition) is 4. The number of rotatable bonds is 5. The van der Waals surface area contributed by atoms with Gasteiger partial charge in [0.1, 0.15) is 11.0 Å². The van der Waals surface area contributed by atoms with Crippen LogP contribution in [-0.2, 0) is 4.79 Å². The summed E-state index contributed by atoms with van der Waals surface area (Å²) in [7, 11) is 0. The highest BCUT2D eigenvalue weighted by molar-refractivity contribution is 5.97. The van der Waals surface area contributed by atoms with Crippen LogP contribution in [0.4, 0.5) is 0 Å². The fourth-order valence-corrected chi connectivity index (χ4v) is 3.95. The number of fused-ring (bicyclic) bond motifs is 1. The zero-order valence-electron chi connectivity index (χ0n) is 16.5. The smallest absolute Gasteiger partial charge is 0.251 e. The first kappa shape index (κ1) is 19.1. The molecule has 29 heavy (non-hydrogen) atoms. The number of hydrogen-bond donors (Lipinski definition) is 2. The Bertz CT molecular complexity index is 993. The fraction of sp³-hybridized carbons (Fsp3) is 0.364. The predicted octanol–water partition coefficient (Wildman–Crippen LogP) is 2.87. The van der Waals surface area contributed by atoms with Gasteiger partial charge in [-0.25, -0.2) is 0 Å². The molecular formula is C22H25N5O2. The molecule has 2 amide bonds. The maximum absolute atomic E-state index is 13.0. The Morgan fingerprint density at radius 1 is 1.10 bits per heavy atom.